The first kappa shape index (κ1) is 26.2. The maximum atomic E-state index is 13.8. The number of amides is 2. The third kappa shape index (κ3) is 6.29. The van der Waals surface area contributed by atoms with Gasteiger partial charge in [-0.05, 0) is 36.4 Å². The van der Waals surface area contributed by atoms with Crippen LogP contribution in [-0.4, -0.2) is 28.7 Å². The third-order valence-electron chi connectivity index (χ3n) is 5.41. The van der Waals surface area contributed by atoms with Crippen molar-refractivity contribution in [3.05, 3.63) is 95.7 Å². The molecular weight excluding hydrogens is 513 g/mol. The van der Waals surface area contributed by atoms with Gasteiger partial charge < -0.3 is 15.2 Å². The summed E-state index contributed by atoms with van der Waals surface area (Å²) in [5.74, 6) is -3.29. The molecule has 0 aliphatic carbocycles. The van der Waals surface area contributed by atoms with E-state index >= 15 is 0 Å². The van der Waals surface area contributed by atoms with Gasteiger partial charge in [0.2, 0.25) is 5.91 Å². The van der Waals surface area contributed by atoms with Crippen LogP contribution in [0.25, 0.3) is 10.9 Å². The molecule has 2 amide bonds. The number of carbonyl (C=O) groups is 2. The molecule has 0 aliphatic rings. The van der Waals surface area contributed by atoms with E-state index in [0.717, 1.165) is 40.1 Å². The number of halogens is 5. The van der Waals surface area contributed by atoms with Crippen LogP contribution in [-0.2, 0) is 17.5 Å². The minimum atomic E-state index is -4.51. The minimum Gasteiger partial charge on any atom is -0.350 e. The third-order valence-corrected chi connectivity index (χ3v) is 6.46. The summed E-state index contributed by atoms with van der Waals surface area (Å²) in [5, 5.41) is 5.82. The predicted octanol–water partition coefficient (Wildman–Crippen LogP) is 6.10. The Kier molecular flexibility index (Phi) is 7.82. The highest BCUT2D eigenvalue weighted by Gasteiger charge is 2.30. The Hall–Kier alpha value is -3.86. The molecule has 0 aliphatic heterocycles. The number of anilines is 1. The van der Waals surface area contributed by atoms with Gasteiger partial charge in [0.05, 0.1) is 11.3 Å². The van der Waals surface area contributed by atoms with E-state index in [4.69, 9.17) is 0 Å². The molecule has 192 valence electrons. The number of aromatic nitrogens is 1. The first-order valence-electron chi connectivity index (χ1n) is 11.0. The Morgan fingerprint density at radius 2 is 1.62 bits per heavy atom. The van der Waals surface area contributed by atoms with E-state index < -0.39 is 40.8 Å². The van der Waals surface area contributed by atoms with Crippen molar-refractivity contribution in [1.29, 1.82) is 0 Å². The molecule has 4 rings (SSSR count). The Morgan fingerprint density at radius 1 is 0.919 bits per heavy atom. The Labute approximate surface area is 212 Å². The van der Waals surface area contributed by atoms with Crippen LogP contribution in [0.15, 0.2) is 77.8 Å². The summed E-state index contributed by atoms with van der Waals surface area (Å²) < 4.78 is 68.2. The molecule has 3 aromatic carbocycles. The van der Waals surface area contributed by atoms with Crippen LogP contribution in [0, 0.1) is 11.6 Å². The van der Waals surface area contributed by atoms with Crippen molar-refractivity contribution < 1.29 is 31.5 Å². The quantitative estimate of drug-likeness (QED) is 0.213. The number of benzene rings is 3. The number of fused-ring (bicyclic) bond motifs is 1. The Bertz CT molecular complexity index is 1430. The van der Waals surface area contributed by atoms with Crippen molar-refractivity contribution in [3.63, 3.8) is 0 Å². The van der Waals surface area contributed by atoms with Crippen LogP contribution < -0.4 is 10.6 Å². The highest BCUT2D eigenvalue weighted by Crippen LogP contribution is 2.32. The van der Waals surface area contributed by atoms with Crippen molar-refractivity contribution in [3.8, 4) is 0 Å². The average Bonchev–Trinajstić information content (AvgIpc) is 3.20. The van der Waals surface area contributed by atoms with Crippen molar-refractivity contribution >= 4 is 40.2 Å². The monoisotopic (exact) mass is 533 g/mol. The summed E-state index contributed by atoms with van der Waals surface area (Å²) in [6, 6.07) is 14.9. The van der Waals surface area contributed by atoms with Gasteiger partial charge in [-0.2, -0.15) is 13.2 Å². The first-order valence-corrected chi connectivity index (χ1v) is 12.0. The predicted molar refractivity (Wildman–Crippen MR) is 131 cm³/mol. The van der Waals surface area contributed by atoms with Crippen molar-refractivity contribution in [2.75, 3.05) is 17.6 Å². The fourth-order valence-electron chi connectivity index (χ4n) is 3.72. The zero-order valence-electron chi connectivity index (χ0n) is 19.1. The molecule has 1 aromatic heterocycles. The highest BCUT2D eigenvalue weighted by atomic mass is 32.2. The van der Waals surface area contributed by atoms with Crippen LogP contribution in [0.3, 0.4) is 0 Å². The van der Waals surface area contributed by atoms with Gasteiger partial charge in [0.25, 0.3) is 5.91 Å². The van der Waals surface area contributed by atoms with Gasteiger partial charge in [-0.25, -0.2) is 8.78 Å². The number of carbonyl (C=O) groups excluding carboxylic acids is 2. The number of nitrogens with one attached hydrogen (secondary N) is 2. The summed E-state index contributed by atoms with van der Waals surface area (Å²) >= 11 is 1.21. The van der Waals surface area contributed by atoms with Crippen LogP contribution in [0.4, 0.5) is 27.6 Å². The molecule has 0 radical (unpaired) electrons. The van der Waals surface area contributed by atoms with E-state index in [1.54, 1.807) is 6.20 Å². The number of nitrogens with zero attached hydrogens (tertiary/aromatic N) is 1. The minimum absolute atomic E-state index is 0.0462. The molecule has 0 fully saturated rings. The maximum absolute atomic E-state index is 13.8. The van der Waals surface area contributed by atoms with Gasteiger partial charge in [-0.1, -0.05) is 30.3 Å². The Balaban J connectivity index is 1.40. The molecule has 37 heavy (non-hydrogen) atoms. The van der Waals surface area contributed by atoms with Crippen LogP contribution in [0.1, 0.15) is 15.9 Å². The highest BCUT2D eigenvalue weighted by molar-refractivity contribution is 8.00. The standard InChI is InChI=1S/C26H20F5N3O2S/c27-19-8-4-9-20(28)24(19)25(36)32-11-12-34-14-22(18-7-1-2-10-21(18)34)37-15-23(35)33-17-6-3-5-16(13-17)26(29,30)31/h1-10,13-14H,11-12,15H2,(H,32,36)(H,33,35). The fourth-order valence-corrected chi connectivity index (χ4v) is 4.61. The van der Waals surface area contributed by atoms with E-state index in [1.807, 2.05) is 28.8 Å². The van der Waals surface area contributed by atoms with E-state index in [1.165, 1.54) is 30.0 Å². The summed E-state index contributed by atoms with van der Waals surface area (Å²) in [6.45, 7) is 0.380. The zero-order chi connectivity index (χ0) is 26.6. The number of hydrogen-bond donors (Lipinski definition) is 2. The Morgan fingerprint density at radius 3 is 2.35 bits per heavy atom. The molecule has 2 N–H and O–H groups in total. The lowest BCUT2D eigenvalue weighted by Gasteiger charge is -2.09. The summed E-state index contributed by atoms with van der Waals surface area (Å²) in [4.78, 5) is 25.4. The fraction of sp³-hybridized carbons (Fsp3) is 0.154. The average molecular weight is 534 g/mol. The van der Waals surface area contributed by atoms with Gasteiger partial charge in [0, 0.05) is 40.8 Å². The van der Waals surface area contributed by atoms with E-state index in [9.17, 15) is 31.5 Å². The van der Waals surface area contributed by atoms with Gasteiger partial charge in [0.1, 0.15) is 17.2 Å². The number of hydrogen-bond acceptors (Lipinski definition) is 3. The lowest BCUT2D eigenvalue weighted by molar-refractivity contribution is -0.137. The van der Waals surface area contributed by atoms with Gasteiger partial charge in [-0.3, -0.25) is 9.59 Å². The largest absolute Gasteiger partial charge is 0.416 e. The maximum Gasteiger partial charge on any atom is 0.416 e. The normalized spacial score (nSPS) is 11.5. The second-order valence-corrected chi connectivity index (χ2v) is 8.99. The van der Waals surface area contributed by atoms with E-state index in [-0.39, 0.29) is 18.0 Å². The molecule has 5 nitrogen and oxygen atoms in total. The molecule has 0 spiro atoms. The summed E-state index contributed by atoms with van der Waals surface area (Å²) in [7, 11) is 0. The van der Waals surface area contributed by atoms with Crippen LogP contribution in [0.5, 0.6) is 0 Å². The second kappa shape index (κ2) is 11.0. The van der Waals surface area contributed by atoms with E-state index in [2.05, 4.69) is 10.6 Å². The molecule has 0 unspecified atom stereocenters. The molecule has 0 saturated carbocycles. The number of alkyl halides is 3. The topological polar surface area (TPSA) is 63.1 Å². The number of rotatable bonds is 8. The van der Waals surface area contributed by atoms with Gasteiger partial charge in [0.15, 0.2) is 0 Å². The molecule has 11 heteroatoms. The van der Waals surface area contributed by atoms with Crippen LogP contribution in [0.2, 0.25) is 0 Å². The molecule has 1 heterocycles. The van der Waals surface area contributed by atoms with Crippen molar-refractivity contribution in [2.45, 2.75) is 17.6 Å². The van der Waals surface area contributed by atoms with E-state index in [0.29, 0.717) is 6.54 Å². The molecule has 4 aromatic rings. The summed E-state index contributed by atoms with van der Waals surface area (Å²) in [5.41, 5.74) is -0.645. The van der Waals surface area contributed by atoms with Gasteiger partial charge in [-0.15, -0.1) is 11.8 Å². The molecule has 0 saturated heterocycles. The SMILES string of the molecule is O=C(CSc1cn(CCNC(=O)c2c(F)cccc2F)c2ccccc12)Nc1cccc(C(F)(F)F)c1. The lowest BCUT2D eigenvalue weighted by Crippen LogP contribution is -2.28. The second-order valence-electron chi connectivity index (χ2n) is 7.97. The van der Waals surface area contributed by atoms with Crippen molar-refractivity contribution in [1.82, 2.24) is 9.88 Å². The zero-order valence-corrected chi connectivity index (χ0v) is 19.9. The molecule has 0 atom stereocenters. The molecular formula is C26H20F5N3O2S. The lowest BCUT2D eigenvalue weighted by atomic mass is 10.2. The molecule has 0 bridgehead atoms. The van der Waals surface area contributed by atoms with Gasteiger partial charge >= 0.3 is 6.18 Å². The summed E-state index contributed by atoms with van der Waals surface area (Å²) in [6.07, 6.45) is -2.73. The number of thioether (sulfide) groups is 1. The van der Waals surface area contributed by atoms with Crippen molar-refractivity contribution in [2.24, 2.45) is 0 Å². The number of para-hydroxylation sites is 1. The smallest absolute Gasteiger partial charge is 0.350 e. The van der Waals surface area contributed by atoms with Crippen LogP contribution >= 0.6 is 11.8 Å². The first-order chi connectivity index (χ1) is 17.6.